The number of halogens is 1. The summed E-state index contributed by atoms with van der Waals surface area (Å²) in [5.41, 5.74) is 3.40. The van der Waals surface area contributed by atoms with E-state index in [1.807, 2.05) is 24.3 Å². The third-order valence-electron chi connectivity index (χ3n) is 5.36. The molecule has 0 amide bonds. The molecule has 0 fully saturated rings. The van der Waals surface area contributed by atoms with E-state index >= 15 is 0 Å². The van der Waals surface area contributed by atoms with Gasteiger partial charge in [0.15, 0.2) is 15.3 Å². The molecular formula is C23H24ClN3O3S. The average molecular weight is 458 g/mol. The molecule has 1 aliphatic heterocycles. The predicted octanol–water partition coefficient (Wildman–Crippen LogP) is 4.89. The van der Waals surface area contributed by atoms with Crippen LogP contribution >= 0.6 is 11.6 Å². The first-order valence-corrected chi connectivity index (χ1v) is 11.9. The van der Waals surface area contributed by atoms with Gasteiger partial charge in [-0.05, 0) is 24.3 Å². The van der Waals surface area contributed by atoms with E-state index in [4.69, 9.17) is 26.3 Å². The number of ether oxygens (including phenoxy) is 1. The second kappa shape index (κ2) is 8.67. The van der Waals surface area contributed by atoms with Gasteiger partial charge in [-0.2, -0.15) is 0 Å². The summed E-state index contributed by atoms with van der Waals surface area (Å²) >= 11 is 6.07. The highest BCUT2D eigenvalue weighted by Crippen LogP contribution is 2.34. The summed E-state index contributed by atoms with van der Waals surface area (Å²) in [5.74, 6) is 1.42. The summed E-state index contributed by atoms with van der Waals surface area (Å²) in [6, 6.07) is 14.0. The maximum absolute atomic E-state index is 13.3. The Balaban J connectivity index is 1.77. The number of hydrogen-bond donors (Lipinski definition) is 0. The van der Waals surface area contributed by atoms with E-state index in [9.17, 15) is 8.76 Å². The maximum Gasteiger partial charge on any atom is 0.179 e. The number of hydrogen-bond acceptors (Lipinski definition) is 5. The van der Waals surface area contributed by atoms with Crippen LogP contribution < -0.4 is 4.74 Å². The van der Waals surface area contributed by atoms with Crippen LogP contribution in [-0.4, -0.2) is 32.5 Å². The van der Waals surface area contributed by atoms with Gasteiger partial charge in [-0.15, -0.1) is 4.31 Å². The topological polar surface area (TPSA) is 78.4 Å². The molecule has 1 aromatic heterocycles. The monoisotopic (exact) mass is 457 g/mol. The lowest BCUT2D eigenvalue weighted by molar-refractivity contribution is 0.336. The quantitative estimate of drug-likeness (QED) is 0.509. The number of fused-ring (bicyclic) bond motifs is 1. The third-order valence-corrected chi connectivity index (χ3v) is 7.45. The largest absolute Gasteiger partial charge is 0.593 e. The van der Waals surface area contributed by atoms with E-state index < -0.39 is 10.4 Å². The van der Waals surface area contributed by atoms with Crippen molar-refractivity contribution in [1.29, 1.82) is 0 Å². The zero-order valence-electron chi connectivity index (χ0n) is 17.7. The molecule has 0 N–H and O–H groups in total. The summed E-state index contributed by atoms with van der Waals surface area (Å²) < 4.78 is 33.4. The minimum Gasteiger partial charge on any atom is -0.593 e. The zero-order valence-corrected chi connectivity index (χ0v) is 19.2. The van der Waals surface area contributed by atoms with Crippen LogP contribution in [0.15, 0.2) is 53.4 Å². The molecule has 0 saturated carbocycles. The fraction of sp³-hybridized carbons (Fsp3) is 0.304. The first-order valence-electron chi connectivity index (χ1n) is 10.1. The Bertz CT molecular complexity index is 1150. The third kappa shape index (κ3) is 4.36. The number of benzene rings is 2. The van der Waals surface area contributed by atoms with E-state index in [1.54, 1.807) is 24.3 Å². The highest BCUT2D eigenvalue weighted by molar-refractivity contribution is 7.95. The second-order valence-electron chi connectivity index (χ2n) is 7.78. The Hall–Kier alpha value is -2.32. The average Bonchev–Trinajstić information content (AvgIpc) is 2.78. The van der Waals surface area contributed by atoms with Crippen LogP contribution in [0.3, 0.4) is 0 Å². The molecule has 0 saturated heterocycles. The number of rotatable bonds is 5. The summed E-state index contributed by atoms with van der Waals surface area (Å²) in [4.78, 5) is 9.77. The van der Waals surface area contributed by atoms with Gasteiger partial charge in [0.25, 0.3) is 0 Å². The molecule has 0 aliphatic carbocycles. The molecule has 6 nitrogen and oxygen atoms in total. The van der Waals surface area contributed by atoms with E-state index in [0.717, 1.165) is 28.3 Å². The fourth-order valence-corrected chi connectivity index (χ4v) is 5.20. The molecule has 4 rings (SSSR count). The molecule has 162 valence electrons. The van der Waals surface area contributed by atoms with Gasteiger partial charge < -0.3 is 9.29 Å². The Morgan fingerprint density at radius 1 is 1.16 bits per heavy atom. The van der Waals surface area contributed by atoms with Crippen molar-refractivity contribution in [3.05, 3.63) is 70.6 Å². The van der Waals surface area contributed by atoms with Crippen molar-refractivity contribution in [3.63, 3.8) is 0 Å². The van der Waals surface area contributed by atoms with Gasteiger partial charge in [0.1, 0.15) is 11.6 Å². The van der Waals surface area contributed by atoms with E-state index in [0.29, 0.717) is 23.7 Å². The first-order chi connectivity index (χ1) is 14.8. The minimum absolute atomic E-state index is 0.162. The van der Waals surface area contributed by atoms with Crippen molar-refractivity contribution in [3.8, 4) is 17.0 Å². The minimum atomic E-state index is -3.69. The molecule has 31 heavy (non-hydrogen) atoms. The van der Waals surface area contributed by atoms with Crippen LogP contribution in [0.4, 0.5) is 0 Å². The molecule has 1 unspecified atom stereocenters. The van der Waals surface area contributed by atoms with Crippen LogP contribution in [0.1, 0.15) is 36.8 Å². The molecule has 0 bridgehead atoms. The molecule has 2 aromatic carbocycles. The van der Waals surface area contributed by atoms with Gasteiger partial charge in [0, 0.05) is 34.6 Å². The fourth-order valence-electron chi connectivity index (χ4n) is 3.63. The standard InChI is InChI=1S/C23H24ClN3O3S/c1-15(2)23-25-21-11-12-27(31(28,29)19-6-4-5-18(13-19)30-3)14-20(21)22(26-23)16-7-9-17(24)10-8-16/h4-10,13,15H,11-12,14H2,1-3H3. The Kier molecular flexibility index (Phi) is 6.12. The molecule has 8 heteroatoms. The van der Waals surface area contributed by atoms with E-state index in [2.05, 4.69) is 13.8 Å². The van der Waals surface area contributed by atoms with Crippen molar-refractivity contribution >= 4 is 22.0 Å². The maximum atomic E-state index is 13.3. The number of aromatic nitrogens is 2. The molecule has 3 aromatic rings. The van der Waals surface area contributed by atoms with Gasteiger partial charge in [0.05, 0.1) is 31.6 Å². The molecule has 0 radical (unpaired) electrons. The van der Waals surface area contributed by atoms with Gasteiger partial charge in [-0.3, -0.25) is 0 Å². The smallest absolute Gasteiger partial charge is 0.179 e. The van der Waals surface area contributed by atoms with Gasteiger partial charge in [-0.1, -0.05) is 47.9 Å². The van der Waals surface area contributed by atoms with Crippen LogP contribution in [0.25, 0.3) is 11.3 Å². The highest BCUT2D eigenvalue weighted by Gasteiger charge is 2.36. The molecule has 2 heterocycles. The van der Waals surface area contributed by atoms with Crippen LogP contribution in [0.5, 0.6) is 5.75 Å². The van der Waals surface area contributed by atoms with Crippen LogP contribution in [-0.2, 0) is 27.6 Å². The second-order valence-corrected chi connectivity index (χ2v) is 10.2. The summed E-state index contributed by atoms with van der Waals surface area (Å²) in [6.07, 6.45) is 0.529. The van der Waals surface area contributed by atoms with Gasteiger partial charge in [-0.25, -0.2) is 9.97 Å². The Labute approximate surface area is 188 Å². The van der Waals surface area contributed by atoms with Crippen molar-refractivity contribution in [2.24, 2.45) is 0 Å². The molecule has 1 aliphatic rings. The summed E-state index contributed by atoms with van der Waals surface area (Å²) in [6.45, 7) is 4.68. The SMILES string of the molecule is COc1cccc([S+](=O)([O-])N2CCc3nc(C(C)C)nc(-c4ccc(Cl)cc4)c3C2)c1. The summed E-state index contributed by atoms with van der Waals surface area (Å²) in [7, 11) is -2.17. The lowest BCUT2D eigenvalue weighted by Crippen LogP contribution is -2.41. The highest BCUT2D eigenvalue weighted by atomic mass is 35.5. The van der Waals surface area contributed by atoms with Crippen molar-refractivity contribution < 1.29 is 13.5 Å². The van der Waals surface area contributed by atoms with Crippen molar-refractivity contribution in [2.45, 2.75) is 37.6 Å². The molecular weight excluding hydrogens is 434 g/mol. The Morgan fingerprint density at radius 2 is 1.90 bits per heavy atom. The first kappa shape index (κ1) is 21.9. The molecule has 0 spiro atoms. The number of sulfonamides is 1. The lowest BCUT2D eigenvalue weighted by Gasteiger charge is -2.32. The zero-order chi connectivity index (χ0) is 22.2. The van der Waals surface area contributed by atoms with Crippen molar-refractivity contribution in [2.75, 3.05) is 13.7 Å². The number of nitrogens with zero attached hydrogens (tertiary/aromatic N) is 3. The van der Waals surface area contributed by atoms with Crippen LogP contribution in [0.2, 0.25) is 5.02 Å². The number of methoxy groups -OCH3 is 1. The van der Waals surface area contributed by atoms with Crippen LogP contribution in [0, 0.1) is 0 Å². The van der Waals surface area contributed by atoms with Gasteiger partial charge in [0.2, 0.25) is 0 Å². The lowest BCUT2D eigenvalue weighted by atomic mass is 9.99. The predicted molar refractivity (Wildman–Crippen MR) is 121 cm³/mol. The molecule has 1 atom stereocenters. The van der Waals surface area contributed by atoms with Gasteiger partial charge >= 0.3 is 0 Å². The summed E-state index contributed by atoms with van der Waals surface area (Å²) in [5, 5.41) is 0.637. The van der Waals surface area contributed by atoms with E-state index in [1.165, 1.54) is 11.4 Å². The van der Waals surface area contributed by atoms with Crippen molar-refractivity contribution in [1.82, 2.24) is 14.3 Å². The normalized spacial score (nSPS) is 16.1. The van der Waals surface area contributed by atoms with E-state index in [-0.39, 0.29) is 17.4 Å². The Morgan fingerprint density at radius 3 is 2.58 bits per heavy atom.